The summed E-state index contributed by atoms with van der Waals surface area (Å²) in [6, 6.07) is 0. The van der Waals surface area contributed by atoms with Crippen molar-refractivity contribution in [2.24, 2.45) is 0 Å². The lowest BCUT2D eigenvalue weighted by atomic mass is 10.2. The maximum absolute atomic E-state index is 12.1. The molecule has 0 bridgehead atoms. The summed E-state index contributed by atoms with van der Waals surface area (Å²) in [7, 11) is 3.65. The molecule has 0 aromatic carbocycles. The summed E-state index contributed by atoms with van der Waals surface area (Å²) in [5.41, 5.74) is 0.341. The van der Waals surface area contributed by atoms with Crippen molar-refractivity contribution in [3.63, 3.8) is 0 Å². The molecule has 5 nitrogen and oxygen atoms in total. The van der Waals surface area contributed by atoms with Crippen LogP contribution in [0.5, 0.6) is 0 Å². The molecular weight excluding hydrogens is 242 g/mol. The third kappa shape index (κ3) is 2.45. The molecule has 1 aliphatic heterocycles. The fraction of sp³-hybridized carbons (Fsp3) is 0.636. The Kier molecular flexibility index (Phi) is 3.69. The quantitative estimate of drug-likeness (QED) is 0.809. The van der Waals surface area contributed by atoms with Crippen molar-refractivity contribution in [2.45, 2.75) is 25.5 Å². The second-order valence-corrected chi connectivity index (χ2v) is 4.69. The lowest BCUT2D eigenvalue weighted by Gasteiger charge is -2.24. The molecule has 1 aromatic heterocycles. The fourth-order valence-electron chi connectivity index (χ4n) is 1.87. The molecule has 1 aromatic rings. The highest BCUT2D eigenvalue weighted by Crippen LogP contribution is 2.23. The summed E-state index contributed by atoms with van der Waals surface area (Å²) < 4.78 is 6.87. The third-order valence-corrected chi connectivity index (χ3v) is 3.19. The van der Waals surface area contributed by atoms with Gasteiger partial charge in [-0.05, 0) is 19.3 Å². The average Bonchev–Trinajstić information content (AvgIpc) is 2.33. The van der Waals surface area contributed by atoms with E-state index >= 15 is 0 Å². The van der Waals surface area contributed by atoms with Crippen LogP contribution in [0.25, 0.3) is 0 Å². The Bertz CT molecular complexity index is 453. The summed E-state index contributed by atoms with van der Waals surface area (Å²) in [4.78, 5) is 13.8. The molecule has 0 aliphatic carbocycles. The predicted molar refractivity (Wildman–Crippen MR) is 66.7 cm³/mol. The highest BCUT2D eigenvalue weighted by Gasteiger charge is 2.20. The standard InChI is InChI=1S/C11H16ClN3O2/c1-14(2)8-7-13-15(11(16)10(8)12)9-5-3-4-6-17-9/h7,9H,3-6H2,1-2H3. The molecule has 2 rings (SSSR count). The molecule has 1 aliphatic rings. The van der Waals surface area contributed by atoms with Crippen LogP contribution in [-0.4, -0.2) is 30.5 Å². The first kappa shape index (κ1) is 12.4. The van der Waals surface area contributed by atoms with Crippen molar-refractivity contribution in [2.75, 3.05) is 25.6 Å². The van der Waals surface area contributed by atoms with Crippen LogP contribution in [0, 0.1) is 0 Å². The zero-order chi connectivity index (χ0) is 12.4. The lowest BCUT2D eigenvalue weighted by Crippen LogP contribution is -2.32. The van der Waals surface area contributed by atoms with Crippen LogP contribution in [0.15, 0.2) is 11.0 Å². The van der Waals surface area contributed by atoms with Crippen LogP contribution in [0.3, 0.4) is 0 Å². The number of hydrogen-bond acceptors (Lipinski definition) is 4. The molecule has 2 heterocycles. The van der Waals surface area contributed by atoms with Crippen LogP contribution in [0.4, 0.5) is 5.69 Å². The number of anilines is 1. The van der Waals surface area contributed by atoms with E-state index in [0.29, 0.717) is 12.3 Å². The fourth-order valence-corrected chi connectivity index (χ4v) is 2.17. The molecule has 1 saturated heterocycles. The summed E-state index contributed by atoms with van der Waals surface area (Å²) >= 11 is 6.04. The molecule has 94 valence electrons. The second-order valence-electron chi connectivity index (χ2n) is 4.31. The van der Waals surface area contributed by atoms with Crippen LogP contribution in [-0.2, 0) is 4.74 Å². The second kappa shape index (κ2) is 5.06. The summed E-state index contributed by atoms with van der Waals surface area (Å²) in [6.07, 6.45) is 4.22. The molecule has 0 amide bonds. The van der Waals surface area contributed by atoms with E-state index in [1.54, 1.807) is 11.1 Å². The number of rotatable bonds is 2. The Morgan fingerprint density at radius 3 is 2.88 bits per heavy atom. The van der Waals surface area contributed by atoms with Gasteiger partial charge in [-0.25, -0.2) is 0 Å². The minimum Gasteiger partial charge on any atom is -0.375 e. The van der Waals surface area contributed by atoms with Crippen molar-refractivity contribution >= 4 is 17.3 Å². The van der Waals surface area contributed by atoms with Crippen molar-refractivity contribution in [3.8, 4) is 0 Å². The number of halogens is 1. The maximum Gasteiger partial charge on any atom is 0.290 e. The number of hydrogen-bond donors (Lipinski definition) is 0. The van der Waals surface area contributed by atoms with Crippen molar-refractivity contribution in [1.82, 2.24) is 9.78 Å². The zero-order valence-electron chi connectivity index (χ0n) is 10.0. The van der Waals surface area contributed by atoms with Crippen molar-refractivity contribution in [1.29, 1.82) is 0 Å². The van der Waals surface area contributed by atoms with Gasteiger partial charge in [0.15, 0.2) is 6.23 Å². The normalized spacial score (nSPS) is 20.3. The SMILES string of the molecule is CN(C)c1cnn(C2CCCCO2)c(=O)c1Cl. The van der Waals surface area contributed by atoms with Gasteiger partial charge in [-0.1, -0.05) is 11.6 Å². The van der Waals surface area contributed by atoms with E-state index in [2.05, 4.69) is 5.10 Å². The molecular formula is C11H16ClN3O2. The molecule has 1 unspecified atom stereocenters. The van der Waals surface area contributed by atoms with E-state index in [4.69, 9.17) is 16.3 Å². The van der Waals surface area contributed by atoms with Gasteiger partial charge in [-0.15, -0.1) is 0 Å². The lowest BCUT2D eigenvalue weighted by molar-refractivity contribution is -0.0424. The molecule has 0 radical (unpaired) electrons. The van der Waals surface area contributed by atoms with Crippen LogP contribution in [0.2, 0.25) is 5.02 Å². The summed E-state index contributed by atoms with van der Waals surface area (Å²) in [5.74, 6) is 0. The van der Waals surface area contributed by atoms with Crippen LogP contribution < -0.4 is 10.5 Å². The van der Waals surface area contributed by atoms with Crippen LogP contribution >= 0.6 is 11.6 Å². The summed E-state index contributed by atoms with van der Waals surface area (Å²) in [6.45, 7) is 0.672. The number of ether oxygens (including phenoxy) is 1. The molecule has 1 atom stereocenters. The Morgan fingerprint density at radius 2 is 2.29 bits per heavy atom. The van der Waals surface area contributed by atoms with E-state index in [0.717, 1.165) is 19.3 Å². The molecule has 0 N–H and O–H groups in total. The van der Waals surface area contributed by atoms with E-state index in [9.17, 15) is 4.79 Å². The monoisotopic (exact) mass is 257 g/mol. The predicted octanol–water partition coefficient (Wildman–Crippen LogP) is 1.66. The third-order valence-electron chi connectivity index (χ3n) is 2.84. The van der Waals surface area contributed by atoms with Gasteiger partial charge in [0.2, 0.25) is 0 Å². The Balaban J connectivity index is 2.36. The minimum atomic E-state index is -0.287. The highest BCUT2D eigenvalue weighted by molar-refractivity contribution is 6.32. The van der Waals surface area contributed by atoms with Crippen molar-refractivity contribution < 1.29 is 4.74 Å². The van der Waals surface area contributed by atoms with E-state index in [1.165, 1.54) is 4.68 Å². The first-order chi connectivity index (χ1) is 8.11. The smallest absolute Gasteiger partial charge is 0.290 e. The molecule has 0 saturated carbocycles. The summed E-state index contributed by atoms with van der Waals surface area (Å²) in [5, 5.41) is 4.33. The number of aromatic nitrogens is 2. The Labute approximate surface area is 105 Å². The Morgan fingerprint density at radius 1 is 1.53 bits per heavy atom. The first-order valence-electron chi connectivity index (χ1n) is 5.67. The Hall–Kier alpha value is -1.07. The molecule has 17 heavy (non-hydrogen) atoms. The van der Waals surface area contributed by atoms with E-state index in [1.807, 2.05) is 14.1 Å². The van der Waals surface area contributed by atoms with Gasteiger partial charge in [0.05, 0.1) is 11.9 Å². The highest BCUT2D eigenvalue weighted by atomic mass is 35.5. The molecule has 1 fully saturated rings. The largest absolute Gasteiger partial charge is 0.375 e. The van der Waals surface area contributed by atoms with Crippen LogP contribution in [0.1, 0.15) is 25.5 Å². The van der Waals surface area contributed by atoms with Gasteiger partial charge in [0.1, 0.15) is 5.02 Å². The van der Waals surface area contributed by atoms with Gasteiger partial charge < -0.3 is 9.64 Å². The number of nitrogens with zero attached hydrogens (tertiary/aromatic N) is 3. The van der Waals surface area contributed by atoms with Gasteiger partial charge in [0, 0.05) is 20.7 Å². The maximum atomic E-state index is 12.1. The van der Waals surface area contributed by atoms with Gasteiger partial charge >= 0.3 is 0 Å². The van der Waals surface area contributed by atoms with Gasteiger partial charge in [0.25, 0.3) is 5.56 Å². The molecule has 6 heteroatoms. The van der Waals surface area contributed by atoms with Gasteiger partial charge in [-0.2, -0.15) is 9.78 Å². The zero-order valence-corrected chi connectivity index (χ0v) is 10.8. The molecule has 0 spiro atoms. The first-order valence-corrected chi connectivity index (χ1v) is 6.05. The minimum absolute atomic E-state index is 0.194. The van der Waals surface area contributed by atoms with Crippen molar-refractivity contribution in [3.05, 3.63) is 21.6 Å². The van der Waals surface area contributed by atoms with E-state index in [-0.39, 0.29) is 16.8 Å². The average molecular weight is 258 g/mol. The van der Waals surface area contributed by atoms with Gasteiger partial charge in [-0.3, -0.25) is 4.79 Å². The topological polar surface area (TPSA) is 47.4 Å². The van der Waals surface area contributed by atoms with E-state index < -0.39 is 0 Å².